The lowest BCUT2D eigenvalue weighted by Crippen LogP contribution is -2.35. The summed E-state index contributed by atoms with van der Waals surface area (Å²) < 4.78 is 11.8. The van der Waals surface area contributed by atoms with E-state index >= 15 is 0 Å². The van der Waals surface area contributed by atoms with Crippen LogP contribution in [0.4, 0.5) is 4.79 Å². The van der Waals surface area contributed by atoms with Gasteiger partial charge in [-0.05, 0) is 34.1 Å². The third-order valence-corrected chi connectivity index (χ3v) is 3.19. The largest absolute Gasteiger partial charge is 0.460 e. The first-order valence-electron chi connectivity index (χ1n) is 7.36. The predicted octanol–water partition coefficient (Wildman–Crippen LogP) is 1.64. The molecule has 1 aliphatic rings. The molecule has 1 aliphatic heterocycles. The highest BCUT2D eigenvalue weighted by atomic mass is 16.6. The minimum absolute atomic E-state index is 0.102. The molecule has 8 nitrogen and oxygen atoms in total. The highest BCUT2D eigenvalue weighted by Gasteiger charge is 2.33. The molecule has 0 aromatic carbocycles. The number of esters is 1. The molecular weight excluding hydrogens is 288 g/mol. The summed E-state index contributed by atoms with van der Waals surface area (Å²) in [6.45, 7) is 8.49. The van der Waals surface area contributed by atoms with Gasteiger partial charge in [-0.2, -0.15) is 5.10 Å². The summed E-state index contributed by atoms with van der Waals surface area (Å²) in [7, 11) is 0. The van der Waals surface area contributed by atoms with Gasteiger partial charge in [-0.25, -0.2) is 19.3 Å². The minimum atomic E-state index is -0.529. The van der Waals surface area contributed by atoms with Crippen LogP contribution in [0, 0.1) is 0 Å². The standard InChI is InChI=1S/C14H22N4O4/c1-5-21-12(19)11-15-9-16-18(11)10-6-7-17(8-10)13(20)22-14(2,3)4/h9-10H,5-8H2,1-4H3. The van der Waals surface area contributed by atoms with E-state index in [0.717, 1.165) is 0 Å². The van der Waals surface area contributed by atoms with Crippen molar-refractivity contribution < 1.29 is 19.1 Å². The van der Waals surface area contributed by atoms with E-state index in [1.165, 1.54) is 11.0 Å². The molecule has 1 atom stereocenters. The number of likely N-dealkylation sites (tertiary alicyclic amines) is 1. The molecule has 22 heavy (non-hydrogen) atoms. The maximum atomic E-state index is 12.1. The zero-order valence-corrected chi connectivity index (χ0v) is 13.4. The van der Waals surface area contributed by atoms with Crippen LogP contribution < -0.4 is 0 Å². The Morgan fingerprint density at radius 3 is 2.77 bits per heavy atom. The third kappa shape index (κ3) is 3.75. The van der Waals surface area contributed by atoms with Crippen molar-refractivity contribution in [3.8, 4) is 0 Å². The Balaban J connectivity index is 2.03. The lowest BCUT2D eigenvalue weighted by atomic mass is 10.2. The van der Waals surface area contributed by atoms with Gasteiger partial charge in [-0.3, -0.25) is 0 Å². The molecule has 1 unspecified atom stereocenters. The van der Waals surface area contributed by atoms with Crippen LogP contribution >= 0.6 is 0 Å². The quantitative estimate of drug-likeness (QED) is 0.789. The van der Waals surface area contributed by atoms with Crippen molar-refractivity contribution in [2.75, 3.05) is 19.7 Å². The molecule has 1 aromatic heterocycles. The molecule has 0 bridgehead atoms. The van der Waals surface area contributed by atoms with Crippen LogP contribution in [0.15, 0.2) is 6.33 Å². The molecule has 0 radical (unpaired) electrons. The zero-order chi connectivity index (χ0) is 16.3. The Bertz CT molecular complexity index is 549. The van der Waals surface area contributed by atoms with Gasteiger partial charge in [-0.15, -0.1) is 0 Å². The Morgan fingerprint density at radius 2 is 2.14 bits per heavy atom. The van der Waals surface area contributed by atoms with Crippen molar-refractivity contribution in [3.05, 3.63) is 12.2 Å². The van der Waals surface area contributed by atoms with Gasteiger partial charge in [0.2, 0.25) is 5.82 Å². The van der Waals surface area contributed by atoms with E-state index in [-0.39, 0.29) is 24.6 Å². The molecule has 1 fully saturated rings. The van der Waals surface area contributed by atoms with E-state index in [1.807, 2.05) is 20.8 Å². The second-order valence-electron chi connectivity index (χ2n) is 6.12. The normalized spacial score (nSPS) is 18.4. The summed E-state index contributed by atoms with van der Waals surface area (Å²) in [4.78, 5) is 29.5. The van der Waals surface area contributed by atoms with Crippen LogP contribution in [0.25, 0.3) is 0 Å². The van der Waals surface area contributed by atoms with E-state index in [1.54, 1.807) is 11.8 Å². The molecule has 2 heterocycles. The van der Waals surface area contributed by atoms with Gasteiger partial charge >= 0.3 is 12.1 Å². The minimum Gasteiger partial charge on any atom is -0.460 e. The molecule has 2 rings (SSSR count). The van der Waals surface area contributed by atoms with Crippen LogP contribution in [-0.2, 0) is 9.47 Å². The van der Waals surface area contributed by atoms with Gasteiger partial charge in [0.05, 0.1) is 12.6 Å². The van der Waals surface area contributed by atoms with E-state index < -0.39 is 11.6 Å². The van der Waals surface area contributed by atoms with Crippen LogP contribution in [0.2, 0.25) is 0 Å². The van der Waals surface area contributed by atoms with Crippen molar-refractivity contribution >= 4 is 12.1 Å². The fourth-order valence-electron chi connectivity index (χ4n) is 2.29. The molecule has 0 spiro atoms. The van der Waals surface area contributed by atoms with E-state index in [9.17, 15) is 9.59 Å². The third-order valence-electron chi connectivity index (χ3n) is 3.19. The van der Waals surface area contributed by atoms with Crippen LogP contribution in [0.3, 0.4) is 0 Å². The molecule has 122 valence electrons. The Morgan fingerprint density at radius 1 is 1.41 bits per heavy atom. The summed E-state index contributed by atoms with van der Waals surface area (Å²) in [6.07, 6.45) is 1.66. The fraction of sp³-hybridized carbons (Fsp3) is 0.714. The first-order valence-corrected chi connectivity index (χ1v) is 7.36. The molecule has 1 amide bonds. The highest BCUT2D eigenvalue weighted by Crippen LogP contribution is 2.23. The van der Waals surface area contributed by atoms with E-state index in [0.29, 0.717) is 19.5 Å². The lowest BCUT2D eigenvalue weighted by Gasteiger charge is -2.24. The van der Waals surface area contributed by atoms with E-state index in [2.05, 4.69) is 10.1 Å². The number of nitrogens with zero attached hydrogens (tertiary/aromatic N) is 4. The monoisotopic (exact) mass is 310 g/mol. The van der Waals surface area contributed by atoms with Crippen LogP contribution in [0.5, 0.6) is 0 Å². The fourth-order valence-corrected chi connectivity index (χ4v) is 2.29. The molecule has 8 heteroatoms. The second-order valence-corrected chi connectivity index (χ2v) is 6.12. The topological polar surface area (TPSA) is 86.5 Å². The maximum absolute atomic E-state index is 12.1. The van der Waals surface area contributed by atoms with Crippen molar-refractivity contribution in [2.24, 2.45) is 0 Å². The molecular formula is C14H22N4O4. The number of rotatable bonds is 3. The first-order chi connectivity index (χ1) is 10.3. The summed E-state index contributed by atoms with van der Waals surface area (Å²) >= 11 is 0. The van der Waals surface area contributed by atoms with Gasteiger partial charge in [0.25, 0.3) is 0 Å². The van der Waals surface area contributed by atoms with E-state index in [4.69, 9.17) is 9.47 Å². The highest BCUT2D eigenvalue weighted by molar-refractivity contribution is 5.85. The molecule has 0 saturated carbocycles. The lowest BCUT2D eigenvalue weighted by molar-refractivity contribution is 0.0288. The zero-order valence-electron chi connectivity index (χ0n) is 13.4. The maximum Gasteiger partial charge on any atom is 0.410 e. The number of carbonyl (C=O) groups is 2. The van der Waals surface area contributed by atoms with Crippen molar-refractivity contribution in [2.45, 2.75) is 45.8 Å². The SMILES string of the molecule is CCOC(=O)c1ncnn1C1CCN(C(=O)OC(C)(C)C)C1. The first kappa shape index (κ1) is 16.3. The van der Waals surface area contributed by atoms with Gasteiger partial charge in [0.1, 0.15) is 11.9 Å². The predicted molar refractivity (Wildman–Crippen MR) is 77.4 cm³/mol. The molecule has 1 aromatic rings. The molecule has 0 N–H and O–H groups in total. The Labute approximate surface area is 129 Å². The molecule has 0 aliphatic carbocycles. The summed E-state index contributed by atoms with van der Waals surface area (Å²) in [5.41, 5.74) is -0.529. The smallest absolute Gasteiger partial charge is 0.410 e. The number of aromatic nitrogens is 3. The molecule has 1 saturated heterocycles. The van der Waals surface area contributed by atoms with Crippen LogP contribution in [-0.4, -0.2) is 57.0 Å². The van der Waals surface area contributed by atoms with Gasteiger partial charge in [0.15, 0.2) is 0 Å². The average Bonchev–Trinajstić information content (AvgIpc) is 3.06. The number of ether oxygens (including phenoxy) is 2. The van der Waals surface area contributed by atoms with Crippen molar-refractivity contribution in [1.29, 1.82) is 0 Å². The Kier molecular flexibility index (Phi) is 4.68. The number of hydrogen-bond donors (Lipinski definition) is 0. The average molecular weight is 310 g/mol. The number of hydrogen-bond acceptors (Lipinski definition) is 6. The van der Waals surface area contributed by atoms with Crippen molar-refractivity contribution in [3.63, 3.8) is 0 Å². The van der Waals surface area contributed by atoms with Gasteiger partial charge in [-0.1, -0.05) is 0 Å². The second kappa shape index (κ2) is 6.33. The van der Waals surface area contributed by atoms with Gasteiger partial charge < -0.3 is 14.4 Å². The number of carbonyl (C=O) groups excluding carboxylic acids is 2. The van der Waals surface area contributed by atoms with Crippen molar-refractivity contribution in [1.82, 2.24) is 19.7 Å². The summed E-state index contributed by atoms with van der Waals surface area (Å²) in [5.74, 6) is -0.339. The number of amides is 1. The summed E-state index contributed by atoms with van der Waals surface area (Å²) in [5, 5.41) is 4.10. The Hall–Kier alpha value is -2.12. The van der Waals surface area contributed by atoms with Gasteiger partial charge in [0, 0.05) is 13.1 Å². The van der Waals surface area contributed by atoms with Crippen LogP contribution in [0.1, 0.15) is 50.8 Å². The summed E-state index contributed by atoms with van der Waals surface area (Å²) in [6, 6.07) is -0.102.